The zero-order valence-corrected chi connectivity index (χ0v) is 22.6. The molecule has 0 aliphatic rings. The molecule has 0 unspecified atom stereocenters. The van der Waals surface area contributed by atoms with Crippen LogP contribution in [0.15, 0.2) is 45.3 Å². The zero-order chi connectivity index (χ0) is 25.6. The highest BCUT2D eigenvalue weighted by molar-refractivity contribution is 8.00. The molecule has 2 N–H and O–H groups in total. The van der Waals surface area contributed by atoms with Crippen molar-refractivity contribution < 1.29 is 18.7 Å². The van der Waals surface area contributed by atoms with E-state index in [9.17, 15) is 9.59 Å². The smallest absolute Gasteiger partial charge is 0.412 e. The lowest BCUT2D eigenvalue weighted by Gasteiger charge is -2.19. The standard InChI is InChI=1S/C25H32N4O4S2/c1-24(2,3)12-18-13-26-20(32-18)15-34-21-14-27-22(35-21)29-19(30)11-16-7-9-17(10-8-16)28-23(31)33-25(4,5)6/h7-10,13-14H,11-12,15H2,1-6H3,(H,28,31)(H,27,29,30). The minimum Gasteiger partial charge on any atom is -0.445 e. The summed E-state index contributed by atoms with van der Waals surface area (Å²) in [4.78, 5) is 32.9. The Morgan fingerprint density at radius 1 is 1.03 bits per heavy atom. The third-order valence-corrected chi connectivity index (χ3v) is 6.43. The highest BCUT2D eigenvalue weighted by Gasteiger charge is 2.17. The molecule has 0 saturated heterocycles. The van der Waals surface area contributed by atoms with E-state index in [4.69, 9.17) is 9.15 Å². The van der Waals surface area contributed by atoms with Crippen molar-refractivity contribution in [2.24, 2.45) is 5.41 Å². The summed E-state index contributed by atoms with van der Waals surface area (Å²) in [5, 5.41) is 6.05. The van der Waals surface area contributed by atoms with Crippen LogP contribution in [-0.2, 0) is 28.1 Å². The molecule has 0 aliphatic carbocycles. The number of hydrogen-bond acceptors (Lipinski definition) is 8. The van der Waals surface area contributed by atoms with Crippen LogP contribution < -0.4 is 10.6 Å². The number of anilines is 2. The molecule has 0 aliphatic heterocycles. The van der Waals surface area contributed by atoms with Gasteiger partial charge in [-0.2, -0.15) is 0 Å². The number of carbonyl (C=O) groups excluding carboxylic acids is 2. The van der Waals surface area contributed by atoms with Crippen LogP contribution in [0.2, 0.25) is 0 Å². The molecular formula is C25H32N4O4S2. The maximum absolute atomic E-state index is 12.4. The fourth-order valence-electron chi connectivity index (χ4n) is 3.01. The fourth-order valence-corrected chi connectivity index (χ4v) is 4.75. The van der Waals surface area contributed by atoms with Gasteiger partial charge in [-0.25, -0.2) is 14.8 Å². The SMILES string of the molecule is CC(C)(C)Cc1cnc(CSc2cnc(NC(=O)Cc3ccc(NC(=O)OC(C)(C)C)cc3)s2)o1. The summed E-state index contributed by atoms with van der Waals surface area (Å²) in [5.74, 6) is 2.00. The normalized spacial score (nSPS) is 11.8. The Bertz CT molecular complexity index is 1140. The summed E-state index contributed by atoms with van der Waals surface area (Å²) in [5.41, 5.74) is 0.995. The number of oxazole rings is 1. The molecule has 2 heterocycles. The largest absolute Gasteiger partial charge is 0.445 e. The van der Waals surface area contributed by atoms with Crippen molar-refractivity contribution in [2.75, 3.05) is 10.6 Å². The van der Waals surface area contributed by atoms with Crippen molar-refractivity contribution >= 4 is 45.9 Å². The number of ether oxygens (including phenoxy) is 1. The summed E-state index contributed by atoms with van der Waals surface area (Å²) in [6.45, 7) is 11.9. The molecule has 0 atom stereocenters. The molecule has 0 fully saturated rings. The second-order valence-corrected chi connectivity index (χ2v) is 12.6. The van der Waals surface area contributed by atoms with Crippen molar-refractivity contribution in [2.45, 2.75) is 69.9 Å². The number of nitrogens with zero attached hydrogens (tertiary/aromatic N) is 2. The van der Waals surface area contributed by atoms with E-state index in [1.54, 1.807) is 69.2 Å². The van der Waals surface area contributed by atoms with Gasteiger partial charge in [-0.05, 0) is 43.9 Å². The molecule has 35 heavy (non-hydrogen) atoms. The van der Waals surface area contributed by atoms with E-state index in [2.05, 4.69) is 41.4 Å². The van der Waals surface area contributed by atoms with Gasteiger partial charge in [-0.1, -0.05) is 44.2 Å². The second kappa shape index (κ2) is 11.3. The van der Waals surface area contributed by atoms with Crippen LogP contribution in [0.4, 0.5) is 15.6 Å². The van der Waals surface area contributed by atoms with Crippen LogP contribution in [-0.4, -0.2) is 27.6 Å². The van der Waals surface area contributed by atoms with Gasteiger partial charge in [0.1, 0.15) is 11.4 Å². The molecule has 3 rings (SSSR count). The number of benzene rings is 1. The first kappa shape index (κ1) is 26.7. The van der Waals surface area contributed by atoms with Gasteiger partial charge in [0.05, 0.1) is 28.8 Å². The first-order valence-electron chi connectivity index (χ1n) is 11.3. The predicted molar refractivity (Wildman–Crippen MR) is 140 cm³/mol. The molecule has 0 saturated carbocycles. The number of aromatic nitrogens is 2. The highest BCUT2D eigenvalue weighted by Crippen LogP contribution is 2.31. The Kier molecular flexibility index (Phi) is 8.60. The van der Waals surface area contributed by atoms with E-state index in [0.29, 0.717) is 22.5 Å². The Labute approximate surface area is 214 Å². The number of amides is 2. The van der Waals surface area contributed by atoms with Crippen LogP contribution in [0, 0.1) is 5.41 Å². The summed E-state index contributed by atoms with van der Waals surface area (Å²) in [7, 11) is 0. The third-order valence-electron chi connectivity index (χ3n) is 4.34. The molecule has 8 nitrogen and oxygen atoms in total. The van der Waals surface area contributed by atoms with Crippen molar-refractivity contribution in [3.8, 4) is 0 Å². The molecule has 0 bridgehead atoms. The number of hydrogen-bond donors (Lipinski definition) is 2. The topological polar surface area (TPSA) is 106 Å². The van der Waals surface area contributed by atoms with Gasteiger partial charge >= 0.3 is 6.09 Å². The number of nitrogens with one attached hydrogen (secondary N) is 2. The Morgan fingerprint density at radius 3 is 2.40 bits per heavy atom. The number of thioether (sulfide) groups is 1. The van der Waals surface area contributed by atoms with Crippen LogP contribution in [0.3, 0.4) is 0 Å². The quantitative estimate of drug-likeness (QED) is 0.327. The van der Waals surface area contributed by atoms with Gasteiger partial charge in [0, 0.05) is 12.1 Å². The minimum atomic E-state index is -0.568. The number of rotatable bonds is 8. The Balaban J connectivity index is 1.45. The average molecular weight is 517 g/mol. The summed E-state index contributed by atoms with van der Waals surface area (Å²) >= 11 is 2.98. The Hall–Kier alpha value is -2.85. The molecule has 2 aromatic heterocycles. The lowest BCUT2D eigenvalue weighted by atomic mass is 9.91. The van der Waals surface area contributed by atoms with Gasteiger partial charge in [-0.15, -0.1) is 11.8 Å². The van der Waals surface area contributed by atoms with Crippen LogP contribution in [0.25, 0.3) is 0 Å². The summed E-state index contributed by atoms with van der Waals surface area (Å²) < 4.78 is 12.0. The molecule has 0 spiro atoms. The summed E-state index contributed by atoms with van der Waals surface area (Å²) in [6, 6.07) is 7.06. The van der Waals surface area contributed by atoms with Crippen molar-refractivity contribution in [1.82, 2.24) is 9.97 Å². The number of thiazole rings is 1. The zero-order valence-electron chi connectivity index (χ0n) is 20.9. The fraction of sp³-hybridized carbons (Fsp3) is 0.440. The second-order valence-electron chi connectivity index (χ2n) is 10.3. The third kappa shape index (κ3) is 9.73. The van der Waals surface area contributed by atoms with Crippen molar-refractivity contribution in [1.29, 1.82) is 0 Å². The van der Waals surface area contributed by atoms with Gasteiger partial charge in [0.15, 0.2) is 5.13 Å². The van der Waals surface area contributed by atoms with E-state index in [0.717, 1.165) is 22.0 Å². The average Bonchev–Trinajstić information content (AvgIpc) is 3.34. The van der Waals surface area contributed by atoms with Gasteiger partial charge in [0.2, 0.25) is 11.8 Å². The van der Waals surface area contributed by atoms with E-state index in [1.807, 2.05) is 0 Å². The van der Waals surface area contributed by atoms with E-state index >= 15 is 0 Å². The monoisotopic (exact) mass is 516 g/mol. The molecule has 10 heteroatoms. The maximum Gasteiger partial charge on any atom is 0.412 e. The molecular weight excluding hydrogens is 484 g/mol. The van der Waals surface area contributed by atoms with Gasteiger partial charge in [-0.3, -0.25) is 10.1 Å². The highest BCUT2D eigenvalue weighted by atomic mass is 32.2. The van der Waals surface area contributed by atoms with Crippen LogP contribution in [0.1, 0.15) is 58.8 Å². The summed E-state index contributed by atoms with van der Waals surface area (Å²) in [6.07, 6.45) is 4.04. The van der Waals surface area contributed by atoms with E-state index < -0.39 is 11.7 Å². The molecule has 2 amide bonds. The molecule has 188 valence electrons. The predicted octanol–water partition coefficient (Wildman–Crippen LogP) is 6.54. The minimum absolute atomic E-state index is 0.147. The first-order valence-corrected chi connectivity index (χ1v) is 13.1. The van der Waals surface area contributed by atoms with E-state index in [1.165, 1.54) is 11.3 Å². The van der Waals surface area contributed by atoms with Crippen LogP contribution in [0.5, 0.6) is 0 Å². The van der Waals surface area contributed by atoms with E-state index in [-0.39, 0.29) is 17.7 Å². The van der Waals surface area contributed by atoms with Gasteiger partial charge < -0.3 is 14.5 Å². The molecule has 3 aromatic rings. The first-order chi connectivity index (χ1) is 16.3. The van der Waals surface area contributed by atoms with Crippen molar-refractivity contribution in [3.05, 3.63) is 53.9 Å². The van der Waals surface area contributed by atoms with Crippen molar-refractivity contribution in [3.63, 3.8) is 0 Å². The van der Waals surface area contributed by atoms with Gasteiger partial charge in [0.25, 0.3) is 0 Å². The van der Waals surface area contributed by atoms with Crippen LogP contribution >= 0.6 is 23.1 Å². The molecule has 0 radical (unpaired) electrons. The number of carbonyl (C=O) groups is 2. The lowest BCUT2D eigenvalue weighted by Crippen LogP contribution is -2.27. The Morgan fingerprint density at radius 2 is 1.74 bits per heavy atom. The maximum atomic E-state index is 12.4. The lowest BCUT2D eigenvalue weighted by molar-refractivity contribution is -0.115. The molecule has 1 aromatic carbocycles.